The molecular formula is C17H28N4. The summed E-state index contributed by atoms with van der Waals surface area (Å²) in [5.41, 5.74) is 1.23. The lowest BCUT2D eigenvalue weighted by Crippen LogP contribution is -2.52. The molecule has 3 heterocycles. The Morgan fingerprint density at radius 3 is 2.81 bits per heavy atom. The zero-order valence-electron chi connectivity index (χ0n) is 13.2. The van der Waals surface area contributed by atoms with Gasteiger partial charge in [0, 0.05) is 38.4 Å². The first-order chi connectivity index (χ1) is 10.3. The molecule has 4 heteroatoms. The molecule has 0 amide bonds. The van der Waals surface area contributed by atoms with Crippen molar-refractivity contribution >= 4 is 0 Å². The Hall–Kier alpha value is -0.970. The molecule has 1 aromatic rings. The van der Waals surface area contributed by atoms with Crippen molar-refractivity contribution < 1.29 is 0 Å². The van der Waals surface area contributed by atoms with Crippen LogP contribution in [0.2, 0.25) is 0 Å². The Morgan fingerprint density at radius 1 is 1.24 bits per heavy atom. The Kier molecular flexibility index (Phi) is 5.22. The fourth-order valence-electron chi connectivity index (χ4n) is 3.60. The van der Waals surface area contributed by atoms with E-state index in [0.29, 0.717) is 12.1 Å². The van der Waals surface area contributed by atoms with E-state index in [2.05, 4.69) is 39.2 Å². The summed E-state index contributed by atoms with van der Waals surface area (Å²) in [6.45, 7) is 9.25. The third-order valence-electron chi connectivity index (χ3n) is 4.75. The van der Waals surface area contributed by atoms with E-state index in [-0.39, 0.29) is 0 Å². The van der Waals surface area contributed by atoms with Crippen LogP contribution in [0.3, 0.4) is 0 Å². The van der Waals surface area contributed by atoms with Gasteiger partial charge in [-0.1, -0.05) is 12.5 Å². The van der Waals surface area contributed by atoms with E-state index in [1.54, 1.807) is 0 Å². The molecule has 1 N–H and O–H groups in total. The lowest BCUT2D eigenvalue weighted by Gasteiger charge is -2.40. The molecule has 2 aliphatic heterocycles. The normalized spacial score (nSPS) is 26.6. The van der Waals surface area contributed by atoms with E-state index >= 15 is 0 Å². The zero-order valence-corrected chi connectivity index (χ0v) is 13.2. The molecule has 4 nitrogen and oxygen atoms in total. The SMILES string of the molecule is CC1CN(C(CN2CCCCC2)c2ccccn2)CCN1. The van der Waals surface area contributed by atoms with Crippen LogP contribution in [0.4, 0.5) is 0 Å². The molecule has 3 rings (SSSR count). The molecule has 0 bridgehead atoms. The van der Waals surface area contributed by atoms with Crippen LogP contribution in [0.5, 0.6) is 0 Å². The minimum Gasteiger partial charge on any atom is -0.312 e. The molecule has 0 aliphatic carbocycles. The quantitative estimate of drug-likeness (QED) is 0.917. The average molecular weight is 288 g/mol. The first-order valence-electron chi connectivity index (χ1n) is 8.43. The van der Waals surface area contributed by atoms with Crippen molar-refractivity contribution in [1.29, 1.82) is 0 Å². The Balaban J connectivity index is 1.73. The number of rotatable bonds is 4. The topological polar surface area (TPSA) is 31.4 Å². The van der Waals surface area contributed by atoms with Crippen LogP contribution < -0.4 is 5.32 Å². The third kappa shape index (κ3) is 4.02. The summed E-state index contributed by atoms with van der Waals surface area (Å²) in [6, 6.07) is 7.35. The van der Waals surface area contributed by atoms with Crippen molar-refractivity contribution in [3.63, 3.8) is 0 Å². The van der Waals surface area contributed by atoms with E-state index in [1.165, 1.54) is 38.0 Å². The summed E-state index contributed by atoms with van der Waals surface area (Å²) in [6.07, 6.45) is 6.04. The molecule has 1 aromatic heterocycles. The van der Waals surface area contributed by atoms with Crippen LogP contribution >= 0.6 is 0 Å². The maximum Gasteiger partial charge on any atom is 0.0650 e. The van der Waals surface area contributed by atoms with E-state index < -0.39 is 0 Å². The van der Waals surface area contributed by atoms with Crippen molar-refractivity contribution in [1.82, 2.24) is 20.1 Å². The smallest absolute Gasteiger partial charge is 0.0650 e. The van der Waals surface area contributed by atoms with Crippen LogP contribution in [0, 0.1) is 0 Å². The van der Waals surface area contributed by atoms with Gasteiger partial charge in [0.15, 0.2) is 0 Å². The second-order valence-electron chi connectivity index (χ2n) is 6.48. The van der Waals surface area contributed by atoms with E-state index in [0.717, 1.165) is 26.2 Å². The number of piperazine rings is 1. The lowest BCUT2D eigenvalue weighted by molar-refractivity contribution is 0.0982. The number of nitrogens with zero attached hydrogens (tertiary/aromatic N) is 3. The van der Waals surface area contributed by atoms with Crippen molar-refractivity contribution in [3.8, 4) is 0 Å². The van der Waals surface area contributed by atoms with Crippen molar-refractivity contribution in [2.75, 3.05) is 39.3 Å². The molecule has 0 radical (unpaired) electrons. The van der Waals surface area contributed by atoms with Crippen molar-refractivity contribution in [2.45, 2.75) is 38.3 Å². The molecule has 0 saturated carbocycles. The van der Waals surface area contributed by atoms with Gasteiger partial charge >= 0.3 is 0 Å². The Morgan fingerprint density at radius 2 is 2.10 bits per heavy atom. The maximum atomic E-state index is 4.66. The summed E-state index contributed by atoms with van der Waals surface area (Å²) >= 11 is 0. The standard InChI is InChI=1S/C17H28N4/c1-15-13-21(12-9-18-15)17(16-7-3-4-8-19-16)14-20-10-5-2-6-11-20/h3-4,7-8,15,17-18H,2,5-6,9-14H2,1H3. The second-order valence-corrected chi connectivity index (χ2v) is 6.48. The highest BCUT2D eigenvalue weighted by Gasteiger charge is 2.27. The van der Waals surface area contributed by atoms with Gasteiger partial charge in [-0.05, 0) is 45.0 Å². The van der Waals surface area contributed by atoms with Crippen molar-refractivity contribution in [3.05, 3.63) is 30.1 Å². The van der Waals surface area contributed by atoms with E-state index in [4.69, 9.17) is 0 Å². The maximum absolute atomic E-state index is 4.66. The van der Waals surface area contributed by atoms with Gasteiger partial charge in [-0.2, -0.15) is 0 Å². The molecule has 0 aromatic carbocycles. The van der Waals surface area contributed by atoms with Gasteiger partial charge in [0.25, 0.3) is 0 Å². The number of hydrogen-bond acceptors (Lipinski definition) is 4. The Labute approximate surface area is 128 Å². The van der Waals surface area contributed by atoms with Gasteiger partial charge in [-0.15, -0.1) is 0 Å². The highest BCUT2D eigenvalue weighted by molar-refractivity contribution is 5.10. The second kappa shape index (κ2) is 7.34. The number of nitrogens with one attached hydrogen (secondary N) is 1. The van der Waals surface area contributed by atoms with Gasteiger partial charge in [0.05, 0.1) is 11.7 Å². The van der Waals surface area contributed by atoms with Gasteiger partial charge in [-0.3, -0.25) is 9.88 Å². The number of piperidine rings is 1. The summed E-state index contributed by atoms with van der Waals surface area (Å²) in [5, 5.41) is 3.55. The van der Waals surface area contributed by atoms with Gasteiger partial charge in [-0.25, -0.2) is 0 Å². The molecule has 2 unspecified atom stereocenters. The number of hydrogen-bond donors (Lipinski definition) is 1. The van der Waals surface area contributed by atoms with E-state index in [9.17, 15) is 0 Å². The largest absolute Gasteiger partial charge is 0.312 e. The monoisotopic (exact) mass is 288 g/mol. The predicted octanol–water partition coefficient (Wildman–Crippen LogP) is 1.90. The third-order valence-corrected chi connectivity index (χ3v) is 4.75. The van der Waals surface area contributed by atoms with Gasteiger partial charge < -0.3 is 10.2 Å². The molecule has 2 atom stereocenters. The Bertz CT molecular complexity index is 416. The van der Waals surface area contributed by atoms with E-state index in [1.807, 2.05) is 12.3 Å². The summed E-state index contributed by atoms with van der Waals surface area (Å²) in [7, 11) is 0. The lowest BCUT2D eigenvalue weighted by atomic mass is 10.1. The summed E-state index contributed by atoms with van der Waals surface area (Å²) < 4.78 is 0. The van der Waals surface area contributed by atoms with Crippen LogP contribution in [0.1, 0.15) is 37.9 Å². The minimum absolute atomic E-state index is 0.439. The summed E-state index contributed by atoms with van der Waals surface area (Å²) in [5.74, 6) is 0. The summed E-state index contributed by atoms with van der Waals surface area (Å²) in [4.78, 5) is 9.91. The van der Waals surface area contributed by atoms with Crippen LogP contribution in [-0.2, 0) is 0 Å². The number of likely N-dealkylation sites (tertiary alicyclic amines) is 1. The molecule has 116 valence electrons. The fraction of sp³-hybridized carbons (Fsp3) is 0.706. The highest BCUT2D eigenvalue weighted by Crippen LogP contribution is 2.23. The number of aromatic nitrogens is 1. The molecule has 2 saturated heterocycles. The minimum atomic E-state index is 0.439. The molecule has 21 heavy (non-hydrogen) atoms. The van der Waals surface area contributed by atoms with Crippen LogP contribution in [0.15, 0.2) is 24.4 Å². The fourth-order valence-corrected chi connectivity index (χ4v) is 3.60. The highest BCUT2D eigenvalue weighted by atomic mass is 15.3. The predicted molar refractivity (Wildman–Crippen MR) is 86.3 cm³/mol. The molecule has 0 spiro atoms. The number of pyridine rings is 1. The average Bonchev–Trinajstić information content (AvgIpc) is 2.54. The first-order valence-corrected chi connectivity index (χ1v) is 8.43. The van der Waals surface area contributed by atoms with Gasteiger partial charge in [0.1, 0.15) is 0 Å². The van der Waals surface area contributed by atoms with Crippen LogP contribution in [0.25, 0.3) is 0 Å². The van der Waals surface area contributed by atoms with Crippen LogP contribution in [-0.4, -0.2) is 60.1 Å². The molecule has 2 aliphatic rings. The molecule has 2 fully saturated rings. The van der Waals surface area contributed by atoms with Crippen molar-refractivity contribution in [2.24, 2.45) is 0 Å². The molecular weight excluding hydrogens is 260 g/mol. The van der Waals surface area contributed by atoms with Gasteiger partial charge in [0.2, 0.25) is 0 Å². The first kappa shape index (κ1) is 14.9. The zero-order chi connectivity index (χ0) is 14.5.